The van der Waals surface area contributed by atoms with Gasteiger partial charge in [0.2, 0.25) is 8.32 Å². The third-order valence-electron chi connectivity index (χ3n) is 3.96. The minimum absolute atomic E-state index is 0.651. The van der Waals surface area contributed by atoms with Gasteiger partial charge in [0.05, 0.1) is 0 Å². The Hall–Kier alpha value is 0.531. The van der Waals surface area contributed by atoms with E-state index in [4.69, 9.17) is 4.43 Å². The van der Waals surface area contributed by atoms with Crippen LogP contribution in [-0.4, -0.2) is 66.8 Å². The summed E-state index contributed by atoms with van der Waals surface area (Å²) < 4.78 is 9.42. The SMILES string of the molecule is CCC(N([Si](C)(C)C)[Si](C)(C)C)[Si](C)(C)OCCN(C)C. The van der Waals surface area contributed by atoms with Gasteiger partial charge in [-0.3, -0.25) is 0 Å². The summed E-state index contributed by atoms with van der Waals surface area (Å²) in [6, 6.07) is 0. The maximum absolute atomic E-state index is 6.46. The molecule has 0 aliphatic carbocycles. The molecule has 0 rings (SSSR count). The fraction of sp³-hybridized carbons (Fsp3) is 1.00. The fourth-order valence-electron chi connectivity index (χ4n) is 3.51. The molecule has 1 atom stereocenters. The molecule has 0 saturated heterocycles. The van der Waals surface area contributed by atoms with Gasteiger partial charge in [-0.1, -0.05) is 46.2 Å². The maximum atomic E-state index is 6.46. The van der Waals surface area contributed by atoms with Crippen LogP contribution in [0.4, 0.5) is 0 Å². The Morgan fingerprint density at radius 3 is 1.57 bits per heavy atom. The van der Waals surface area contributed by atoms with E-state index in [0.717, 1.165) is 13.2 Å². The lowest BCUT2D eigenvalue weighted by molar-refractivity contribution is 0.240. The van der Waals surface area contributed by atoms with Crippen LogP contribution in [0.3, 0.4) is 0 Å². The van der Waals surface area contributed by atoms with E-state index in [1.165, 1.54) is 6.42 Å². The van der Waals surface area contributed by atoms with Crippen molar-refractivity contribution in [3.8, 4) is 0 Å². The summed E-state index contributed by atoms with van der Waals surface area (Å²) in [7, 11) is -0.155. The lowest BCUT2D eigenvalue weighted by Gasteiger charge is -2.52. The minimum atomic E-state index is -1.71. The van der Waals surface area contributed by atoms with Gasteiger partial charge in [0.1, 0.15) is 16.5 Å². The van der Waals surface area contributed by atoms with Crippen molar-refractivity contribution in [1.29, 1.82) is 0 Å². The first-order valence-corrected chi connectivity index (χ1v) is 18.2. The third-order valence-corrected chi connectivity index (χ3v) is 15.2. The Balaban J connectivity index is 5.24. The van der Waals surface area contributed by atoms with Crippen molar-refractivity contribution < 1.29 is 4.43 Å². The maximum Gasteiger partial charge on any atom is 0.202 e. The van der Waals surface area contributed by atoms with Gasteiger partial charge in [-0.2, -0.15) is 0 Å². The molecule has 6 heteroatoms. The number of nitrogens with zero attached hydrogens (tertiary/aromatic N) is 2. The second-order valence-corrected chi connectivity index (χ2v) is 23.1. The first-order chi connectivity index (χ1) is 9.23. The first kappa shape index (κ1) is 21.5. The molecule has 0 aromatic carbocycles. The van der Waals surface area contributed by atoms with Crippen molar-refractivity contribution >= 4 is 24.8 Å². The van der Waals surface area contributed by atoms with E-state index >= 15 is 0 Å². The van der Waals surface area contributed by atoms with Crippen LogP contribution in [0.2, 0.25) is 52.4 Å². The van der Waals surface area contributed by atoms with Crippen molar-refractivity contribution in [3.63, 3.8) is 0 Å². The highest BCUT2D eigenvalue weighted by Crippen LogP contribution is 2.30. The number of rotatable bonds is 9. The predicted molar refractivity (Wildman–Crippen MR) is 105 cm³/mol. The molecule has 3 nitrogen and oxygen atoms in total. The van der Waals surface area contributed by atoms with Gasteiger partial charge in [0, 0.05) is 18.8 Å². The smallest absolute Gasteiger partial charge is 0.202 e. The molecule has 21 heavy (non-hydrogen) atoms. The Bertz CT molecular complexity index is 295. The minimum Gasteiger partial charge on any atom is -0.415 e. The third kappa shape index (κ3) is 7.09. The molecule has 0 saturated carbocycles. The zero-order chi connectivity index (χ0) is 17.1. The van der Waals surface area contributed by atoms with Crippen molar-refractivity contribution in [2.45, 2.75) is 71.4 Å². The average molecular weight is 349 g/mol. The lowest BCUT2D eigenvalue weighted by Crippen LogP contribution is -2.69. The number of hydrogen-bond donors (Lipinski definition) is 0. The molecular weight excluding hydrogens is 308 g/mol. The highest BCUT2D eigenvalue weighted by molar-refractivity contribution is 6.91. The zero-order valence-electron chi connectivity index (χ0n) is 16.5. The van der Waals surface area contributed by atoms with Crippen LogP contribution in [0.5, 0.6) is 0 Å². The van der Waals surface area contributed by atoms with Gasteiger partial charge in [0.15, 0.2) is 0 Å². The summed E-state index contributed by atoms with van der Waals surface area (Å²) in [4.78, 5) is 2.21. The largest absolute Gasteiger partial charge is 0.415 e. The topological polar surface area (TPSA) is 15.7 Å². The van der Waals surface area contributed by atoms with E-state index in [9.17, 15) is 0 Å². The average Bonchev–Trinajstić information content (AvgIpc) is 2.20. The Morgan fingerprint density at radius 1 is 0.857 bits per heavy atom. The summed E-state index contributed by atoms with van der Waals surface area (Å²) in [5.41, 5.74) is 0.651. The zero-order valence-corrected chi connectivity index (χ0v) is 19.5. The molecule has 0 heterocycles. The van der Waals surface area contributed by atoms with Crippen LogP contribution in [0.25, 0.3) is 0 Å². The van der Waals surface area contributed by atoms with Crippen LogP contribution in [-0.2, 0) is 4.43 Å². The molecule has 0 fully saturated rings. The molecule has 128 valence electrons. The number of hydrogen-bond acceptors (Lipinski definition) is 3. The predicted octanol–water partition coefficient (Wildman–Crippen LogP) is 4.06. The van der Waals surface area contributed by atoms with Crippen LogP contribution in [0.15, 0.2) is 0 Å². The molecule has 0 aliphatic heterocycles. The van der Waals surface area contributed by atoms with Gasteiger partial charge in [-0.25, -0.2) is 0 Å². The van der Waals surface area contributed by atoms with E-state index < -0.39 is 24.8 Å². The molecule has 0 aliphatic rings. The van der Waals surface area contributed by atoms with Crippen molar-refractivity contribution in [2.75, 3.05) is 27.2 Å². The van der Waals surface area contributed by atoms with Gasteiger partial charge in [-0.05, 0) is 33.6 Å². The van der Waals surface area contributed by atoms with E-state index in [-0.39, 0.29) is 0 Å². The van der Waals surface area contributed by atoms with Gasteiger partial charge >= 0.3 is 0 Å². The van der Waals surface area contributed by atoms with Crippen molar-refractivity contribution in [3.05, 3.63) is 0 Å². The fourth-order valence-corrected chi connectivity index (χ4v) is 20.4. The van der Waals surface area contributed by atoms with Gasteiger partial charge in [-0.15, -0.1) is 0 Å². The van der Waals surface area contributed by atoms with Gasteiger partial charge < -0.3 is 13.6 Å². The molecule has 0 aromatic rings. The summed E-state index contributed by atoms with van der Waals surface area (Å²) in [6.45, 7) is 24.1. The number of likely N-dealkylation sites (N-methyl/N-ethyl adjacent to an activating group) is 1. The summed E-state index contributed by atoms with van der Waals surface area (Å²) >= 11 is 0. The molecule has 0 amide bonds. The summed E-state index contributed by atoms with van der Waals surface area (Å²) in [5.74, 6) is 0. The molecule has 0 aromatic heterocycles. The van der Waals surface area contributed by atoms with Crippen molar-refractivity contribution in [1.82, 2.24) is 9.13 Å². The second kappa shape index (κ2) is 7.88. The Kier molecular flexibility index (Phi) is 8.08. The highest BCUT2D eigenvalue weighted by atomic mass is 28.4. The molecule has 0 radical (unpaired) electrons. The molecule has 0 spiro atoms. The monoisotopic (exact) mass is 348 g/mol. The molecule has 1 unspecified atom stereocenters. The Morgan fingerprint density at radius 2 is 1.29 bits per heavy atom. The van der Waals surface area contributed by atoms with Crippen LogP contribution >= 0.6 is 0 Å². The lowest BCUT2D eigenvalue weighted by atomic mass is 10.5. The quantitative estimate of drug-likeness (QED) is 0.584. The second-order valence-electron chi connectivity index (χ2n) is 8.89. The van der Waals surface area contributed by atoms with Crippen LogP contribution < -0.4 is 0 Å². The van der Waals surface area contributed by atoms with E-state index in [1.807, 2.05) is 0 Å². The molecule has 0 N–H and O–H groups in total. The first-order valence-electron chi connectivity index (χ1n) is 8.31. The van der Waals surface area contributed by atoms with Crippen LogP contribution in [0.1, 0.15) is 13.3 Å². The van der Waals surface area contributed by atoms with Crippen LogP contribution in [0, 0.1) is 0 Å². The highest BCUT2D eigenvalue weighted by Gasteiger charge is 2.46. The normalized spacial score (nSPS) is 15.9. The van der Waals surface area contributed by atoms with E-state index in [0.29, 0.717) is 5.67 Å². The Labute approximate surface area is 137 Å². The molecule has 0 bridgehead atoms. The summed E-state index contributed by atoms with van der Waals surface area (Å²) in [5, 5.41) is 0. The van der Waals surface area contributed by atoms with Gasteiger partial charge in [0.25, 0.3) is 0 Å². The van der Waals surface area contributed by atoms with Crippen molar-refractivity contribution in [2.24, 2.45) is 0 Å². The standard InChI is InChI=1S/C15H40N2OSi3/c1-12-15(17(19(4,5)6)20(7,8)9)21(10,11)18-14-13-16(2)3/h15H,12-14H2,1-11H3. The molecular formula is C15H40N2OSi3. The van der Waals surface area contributed by atoms with E-state index in [2.05, 4.69) is 82.5 Å². The van der Waals surface area contributed by atoms with E-state index in [1.54, 1.807) is 0 Å². The summed E-state index contributed by atoms with van der Waals surface area (Å²) in [6.07, 6.45) is 1.22.